The number of nitrogens with one attached hydrogen (secondary N) is 1. The second kappa shape index (κ2) is 8.36. The summed E-state index contributed by atoms with van der Waals surface area (Å²) < 4.78 is 0. The van der Waals surface area contributed by atoms with Gasteiger partial charge in [-0.1, -0.05) is 103 Å². The molecule has 1 atom stereocenters. The van der Waals surface area contributed by atoms with Crippen molar-refractivity contribution in [2.45, 2.75) is 12.0 Å². The van der Waals surface area contributed by atoms with Gasteiger partial charge in [-0.3, -0.25) is 14.5 Å². The van der Waals surface area contributed by atoms with Gasteiger partial charge in [0.2, 0.25) is 0 Å². The second-order valence-corrected chi connectivity index (χ2v) is 8.21. The van der Waals surface area contributed by atoms with Crippen molar-refractivity contribution in [2.75, 3.05) is 6.54 Å². The van der Waals surface area contributed by atoms with Crippen LogP contribution in [0.3, 0.4) is 0 Å². The number of fused-ring (bicyclic) bond motifs is 1. The van der Waals surface area contributed by atoms with Crippen molar-refractivity contribution >= 4 is 28.5 Å². The topological polar surface area (TPSA) is 66.5 Å². The molecule has 0 unspecified atom stereocenters. The molecule has 1 N–H and O–H groups in total. The molecule has 3 amide bonds. The Kier molecular flexibility index (Phi) is 5.23. The fourth-order valence-corrected chi connectivity index (χ4v) is 4.51. The number of benzene rings is 4. The minimum absolute atomic E-state index is 0.279. The van der Waals surface area contributed by atoms with Crippen LogP contribution in [0, 0.1) is 0 Å². The van der Waals surface area contributed by atoms with Crippen LogP contribution in [0.4, 0.5) is 4.79 Å². The maximum Gasteiger partial charge on any atom is 0.325 e. The Labute approximate surface area is 191 Å². The van der Waals surface area contributed by atoms with E-state index in [-0.39, 0.29) is 12.3 Å². The third-order valence-corrected chi connectivity index (χ3v) is 6.15. The number of hydrogen-bond donors (Lipinski definition) is 1. The summed E-state index contributed by atoms with van der Waals surface area (Å²) in [5.41, 5.74) is 0.831. The van der Waals surface area contributed by atoms with E-state index in [9.17, 15) is 14.4 Å². The van der Waals surface area contributed by atoms with Crippen LogP contribution in [0.2, 0.25) is 0 Å². The van der Waals surface area contributed by atoms with E-state index in [1.807, 2.05) is 97.1 Å². The Morgan fingerprint density at radius 3 is 2.15 bits per heavy atom. The Morgan fingerprint density at radius 2 is 1.39 bits per heavy atom. The fraction of sp³-hybridized carbons (Fsp3) is 0.107. The molecule has 1 heterocycles. The SMILES string of the molecule is O=C(CN1C(=O)N[C@](Cc2ccccc2)(c2ccccc2)C1=O)c1cccc2ccccc12. The minimum atomic E-state index is -1.27. The molecule has 0 aliphatic carbocycles. The molecule has 1 fully saturated rings. The predicted octanol–water partition coefficient (Wildman–Crippen LogP) is 4.71. The summed E-state index contributed by atoms with van der Waals surface area (Å²) in [7, 11) is 0. The lowest BCUT2D eigenvalue weighted by Crippen LogP contribution is -2.46. The molecule has 1 aliphatic heterocycles. The summed E-state index contributed by atoms with van der Waals surface area (Å²) in [4.78, 5) is 41.1. The van der Waals surface area contributed by atoms with Gasteiger partial charge in [-0.2, -0.15) is 0 Å². The molecule has 5 nitrogen and oxygen atoms in total. The molecule has 4 aromatic rings. The van der Waals surface area contributed by atoms with E-state index in [4.69, 9.17) is 0 Å². The van der Waals surface area contributed by atoms with Gasteiger partial charge in [-0.15, -0.1) is 0 Å². The normalized spacial score (nSPS) is 17.9. The molecule has 0 radical (unpaired) electrons. The van der Waals surface area contributed by atoms with E-state index in [0.29, 0.717) is 17.5 Å². The molecule has 5 rings (SSSR count). The number of ketones is 1. The lowest BCUT2D eigenvalue weighted by Gasteiger charge is -2.27. The lowest BCUT2D eigenvalue weighted by atomic mass is 9.83. The van der Waals surface area contributed by atoms with Crippen LogP contribution < -0.4 is 5.32 Å². The van der Waals surface area contributed by atoms with Crippen molar-refractivity contribution in [3.05, 3.63) is 120 Å². The number of carbonyl (C=O) groups excluding carboxylic acids is 3. The summed E-state index contributed by atoms with van der Waals surface area (Å²) in [6.45, 7) is -0.317. The van der Waals surface area contributed by atoms with Crippen LogP contribution in [0.5, 0.6) is 0 Å². The molecular formula is C28H22N2O3. The van der Waals surface area contributed by atoms with Gasteiger partial charge in [0.1, 0.15) is 0 Å². The number of carbonyl (C=O) groups is 3. The van der Waals surface area contributed by atoms with Gasteiger partial charge in [0.05, 0.1) is 6.54 Å². The van der Waals surface area contributed by atoms with E-state index < -0.39 is 17.5 Å². The lowest BCUT2D eigenvalue weighted by molar-refractivity contribution is -0.131. The van der Waals surface area contributed by atoms with Crippen LogP contribution in [-0.4, -0.2) is 29.2 Å². The quantitative estimate of drug-likeness (QED) is 0.353. The zero-order valence-corrected chi connectivity index (χ0v) is 17.9. The van der Waals surface area contributed by atoms with Crippen LogP contribution in [0.15, 0.2) is 103 Å². The van der Waals surface area contributed by atoms with Crippen LogP contribution in [-0.2, 0) is 16.8 Å². The summed E-state index contributed by atoms with van der Waals surface area (Å²) in [6.07, 6.45) is 0.293. The maximum absolute atomic E-state index is 13.8. The number of amides is 3. The smallest absolute Gasteiger partial charge is 0.319 e. The number of hydrogen-bond acceptors (Lipinski definition) is 3. The molecule has 5 heteroatoms. The summed E-state index contributed by atoms with van der Waals surface area (Å²) in [5.74, 6) is -0.699. The largest absolute Gasteiger partial charge is 0.325 e. The van der Waals surface area contributed by atoms with Crippen molar-refractivity contribution in [2.24, 2.45) is 0 Å². The second-order valence-electron chi connectivity index (χ2n) is 8.21. The van der Waals surface area contributed by atoms with Crippen molar-refractivity contribution in [1.82, 2.24) is 10.2 Å². The molecule has 0 spiro atoms. The molecule has 162 valence electrons. The summed E-state index contributed by atoms with van der Waals surface area (Å²) in [5, 5.41) is 4.65. The standard InChI is InChI=1S/C28H22N2O3/c31-25(24-17-9-13-21-12-7-8-16-23(21)24)19-30-26(32)28(29-27(30)33,22-14-5-2-6-15-22)18-20-10-3-1-4-11-20/h1-17H,18-19H2,(H,29,33)/t28-/m1/s1. The van der Waals surface area contributed by atoms with Gasteiger partial charge in [0.25, 0.3) is 5.91 Å². The molecule has 4 aromatic carbocycles. The summed E-state index contributed by atoms with van der Waals surface area (Å²) >= 11 is 0. The van der Waals surface area contributed by atoms with Gasteiger partial charge < -0.3 is 5.32 Å². The van der Waals surface area contributed by atoms with E-state index in [0.717, 1.165) is 21.2 Å². The van der Waals surface area contributed by atoms with E-state index in [1.54, 1.807) is 6.07 Å². The highest BCUT2D eigenvalue weighted by atomic mass is 16.2. The van der Waals surface area contributed by atoms with Crippen molar-refractivity contribution in [1.29, 1.82) is 0 Å². The van der Waals surface area contributed by atoms with Crippen LogP contribution in [0.25, 0.3) is 10.8 Å². The third kappa shape index (κ3) is 3.68. The Hall–Kier alpha value is -4.25. The zero-order valence-electron chi connectivity index (χ0n) is 17.9. The molecule has 0 bridgehead atoms. The highest BCUT2D eigenvalue weighted by molar-refractivity contribution is 6.14. The van der Waals surface area contributed by atoms with Gasteiger partial charge in [-0.25, -0.2) is 4.79 Å². The first-order valence-electron chi connectivity index (χ1n) is 10.8. The Balaban J connectivity index is 1.50. The number of urea groups is 1. The number of rotatable bonds is 6. The fourth-order valence-electron chi connectivity index (χ4n) is 4.51. The molecule has 1 aliphatic rings. The van der Waals surface area contributed by atoms with Gasteiger partial charge >= 0.3 is 6.03 Å². The molecule has 1 saturated heterocycles. The first kappa shape index (κ1) is 20.6. The van der Waals surface area contributed by atoms with Gasteiger partial charge in [0, 0.05) is 12.0 Å². The van der Waals surface area contributed by atoms with E-state index in [1.165, 1.54) is 0 Å². The van der Waals surface area contributed by atoms with Crippen molar-refractivity contribution in [3.63, 3.8) is 0 Å². The van der Waals surface area contributed by atoms with E-state index in [2.05, 4.69) is 5.32 Å². The Bertz CT molecular complexity index is 1350. The highest BCUT2D eigenvalue weighted by Crippen LogP contribution is 2.33. The average Bonchev–Trinajstić information content (AvgIpc) is 3.09. The van der Waals surface area contributed by atoms with Crippen LogP contribution in [0.1, 0.15) is 21.5 Å². The molecular weight excluding hydrogens is 412 g/mol. The Morgan fingerprint density at radius 1 is 0.758 bits per heavy atom. The number of nitrogens with zero attached hydrogens (tertiary/aromatic N) is 1. The average molecular weight is 434 g/mol. The van der Waals surface area contributed by atoms with Crippen molar-refractivity contribution in [3.8, 4) is 0 Å². The minimum Gasteiger partial charge on any atom is -0.319 e. The maximum atomic E-state index is 13.8. The third-order valence-electron chi connectivity index (χ3n) is 6.15. The summed E-state index contributed by atoms with van der Waals surface area (Å²) in [6, 6.07) is 31.3. The molecule has 0 saturated carbocycles. The molecule has 0 aromatic heterocycles. The highest BCUT2D eigenvalue weighted by Gasteiger charge is 2.52. The molecule has 33 heavy (non-hydrogen) atoms. The van der Waals surface area contributed by atoms with E-state index >= 15 is 0 Å². The number of Topliss-reactive ketones (excluding diaryl/α,β-unsaturated/α-hetero) is 1. The predicted molar refractivity (Wildman–Crippen MR) is 127 cm³/mol. The van der Waals surface area contributed by atoms with Crippen LogP contribution >= 0.6 is 0 Å². The first-order chi connectivity index (χ1) is 16.1. The van der Waals surface area contributed by atoms with Gasteiger partial charge in [0.15, 0.2) is 11.3 Å². The monoisotopic (exact) mass is 434 g/mol. The zero-order chi connectivity index (χ0) is 22.8. The first-order valence-corrected chi connectivity index (χ1v) is 10.8. The number of imide groups is 1. The van der Waals surface area contributed by atoms with Gasteiger partial charge in [-0.05, 0) is 21.9 Å². The van der Waals surface area contributed by atoms with Crippen molar-refractivity contribution < 1.29 is 14.4 Å².